The number of thiocarbonyl (C=S) groups is 1. The molecule has 1 aromatic carbocycles. The van der Waals surface area contributed by atoms with Crippen molar-refractivity contribution < 1.29 is 0 Å². The molecule has 120 valence electrons. The van der Waals surface area contributed by atoms with Crippen molar-refractivity contribution in [2.24, 2.45) is 5.10 Å². The van der Waals surface area contributed by atoms with Crippen LogP contribution < -0.4 is 5.43 Å². The zero-order chi connectivity index (χ0) is 16.1. The van der Waals surface area contributed by atoms with Gasteiger partial charge in [-0.2, -0.15) is 5.10 Å². The van der Waals surface area contributed by atoms with E-state index >= 15 is 0 Å². The van der Waals surface area contributed by atoms with Gasteiger partial charge in [-0.3, -0.25) is 10.4 Å². The van der Waals surface area contributed by atoms with Crippen molar-refractivity contribution in [3.8, 4) is 0 Å². The van der Waals surface area contributed by atoms with E-state index in [2.05, 4.69) is 32.5 Å². The molecule has 0 unspecified atom stereocenters. The van der Waals surface area contributed by atoms with Crippen LogP contribution in [0.3, 0.4) is 0 Å². The lowest BCUT2D eigenvalue weighted by Gasteiger charge is -2.22. The molecular weight excluding hydrogens is 304 g/mol. The van der Waals surface area contributed by atoms with Gasteiger partial charge in [0.05, 0.1) is 11.2 Å². The summed E-state index contributed by atoms with van der Waals surface area (Å²) < 4.78 is 0. The van der Waals surface area contributed by atoms with Crippen LogP contribution in [-0.4, -0.2) is 33.8 Å². The maximum atomic E-state index is 5.49. The molecule has 0 atom stereocenters. The van der Waals surface area contributed by atoms with Crippen molar-refractivity contribution in [3.05, 3.63) is 42.1 Å². The lowest BCUT2D eigenvalue weighted by Crippen LogP contribution is -2.38. The Labute approximate surface area is 142 Å². The number of aromatic nitrogens is 1. The molecule has 1 N–H and O–H groups in total. The molecule has 23 heavy (non-hydrogen) atoms. The van der Waals surface area contributed by atoms with Gasteiger partial charge < -0.3 is 4.90 Å². The molecule has 0 saturated carbocycles. The summed E-state index contributed by atoms with van der Waals surface area (Å²) >= 11 is 5.49. The van der Waals surface area contributed by atoms with Crippen molar-refractivity contribution in [1.29, 1.82) is 0 Å². The molecule has 3 rings (SSSR count). The smallest absolute Gasteiger partial charge is 0.189 e. The van der Waals surface area contributed by atoms with Gasteiger partial charge in [0.15, 0.2) is 5.11 Å². The molecule has 0 amide bonds. The Bertz CT molecular complexity index is 713. The summed E-state index contributed by atoms with van der Waals surface area (Å²) in [5.74, 6) is 0. The number of rotatable bonds is 2. The maximum absolute atomic E-state index is 5.49. The molecule has 2 heterocycles. The van der Waals surface area contributed by atoms with Crippen LogP contribution in [0.5, 0.6) is 0 Å². The highest BCUT2D eigenvalue weighted by atomic mass is 32.1. The third kappa shape index (κ3) is 3.85. The Hall–Kier alpha value is -2.01. The number of hydrogen-bond acceptors (Lipinski definition) is 3. The second kappa shape index (κ2) is 7.51. The minimum absolute atomic E-state index is 0.722. The lowest BCUT2D eigenvalue weighted by atomic mass is 10.1. The van der Waals surface area contributed by atoms with Crippen LogP contribution >= 0.6 is 12.2 Å². The molecule has 0 bridgehead atoms. The molecule has 2 aromatic rings. The summed E-state index contributed by atoms with van der Waals surface area (Å²) in [6, 6.07) is 10.2. The first-order chi connectivity index (χ1) is 11.3. The van der Waals surface area contributed by atoms with E-state index in [-0.39, 0.29) is 0 Å². The second-order valence-corrected chi connectivity index (χ2v) is 6.28. The lowest BCUT2D eigenvalue weighted by molar-refractivity contribution is 0.428. The zero-order valence-electron chi connectivity index (χ0n) is 13.5. The van der Waals surface area contributed by atoms with Gasteiger partial charge in [0.25, 0.3) is 0 Å². The minimum atomic E-state index is 0.722. The first-order valence-corrected chi connectivity index (χ1v) is 8.60. The molecule has 0 spiro atoms. The highest BCUT2D eigenvalue weighted by Gasteiger charge is 2.12. The molecule has 1 aliphatic heterocycles. The van der Waals surface area contributed by atoms with E-state index in [0.29, 0.717) is 0 Å². The van der Waals surface area contributed by atoms with Crippen molar-refractivity contribution in [2.75, 3.05) is 13.1 Å². The second-order valence-electron chi connectivity index (χ2n) is 5.90. The third-order valence-electron chi connectivity index (χ3n) is 4.24. The van der Waals surface area contributed by atoms with E-state index in [1.165, 1.54) is 25.7 Å². The van der Waals surface area contributed by atoms with Crippen LogP contribution in [0, 0.1) is 0 Å². The predicted molar refractivity (Wildman–Crippen MR) is 99.7 cm³/mol. The molecule has 4 nitrogen and oxygen atoms in total. The highest BCUT2D eigenvalue weighted by molar-refractivity contribution is 7.80. The van der Waals surface area contributed by atoms with E-state index in [4.69, 9.17) is 12.2 Å². The normalized spacial score (nSPS) is 16.2. The Balaban J connectivity index is 1.75. The highest BCUT2D eigenvalue weighted by Crippen LogP contribution is 2.16. The fourth-order valence-electron chi connectivity index (χ4n) is 2.93. The fourth-order valence-corrected chi connectivity index (χ4v) is 3.16. The van der Waals surface area contributed by atoms with E-state index in [0.717, 1.165) is 40.4 Å². The Morgan fingerprint density at radius 1 is 1.13 bits per heavy atom. The summed E-state index contributed by atoms with van der Waals surface area (Å²) in [6.45, 7) is 4.04. The van der Waals surface area contributed by atoms with E-state index in [9.17, 15) is 0 Å². The summed E-state index contributed by atoms with van der Waals surface area (Å²) in [4.78, 5) is 6.70. The summed E-state index contributed by atoms with van der Waals surface area (Å²) in [5, 5.41) is 6.34. The van der Waals surface area contributed by atoms with Crippen LogP contribution in [0.4, 0.5) is 0 Å². The zero-order valence-corrected chi connectivity index (χ0v) is 14.3. The first kappa shape index (κ1) is 15.9. The fraction of sp³-hybridized carbons (Fsp3) is 0.389. The van der Waals surface area contributed by atoms with Crippen LogP contribution in [0.1, 0.15) is 38.2 Å². The third-order valence-corrected chi connectivity index (χ3v) is 4.58. The number of nitrogens with zero attached hydrogens (tertiary/aromatic N) is 3. The van der Waals surface area contributed by atoms with Gasteiger partial charge in [0, 0.05) is 30.2 Å². The number of hydrazone groups is 1. The minimum Gasteiger partial charge on any atom is -0.348 e. The summed E-state index contributed by atoms with van der Waals surface area (Å²) in [6.07, 6.45) is 6.82. The SMILES string of the molecule is C/C(=N/NC(=S)N1CCCCCC1)c1cccc2cccnc12. The molecule has 0 radical (unpaired) electrons. The standard InChI is InChI=1S/C18H22N4S/c1-14(16-10-6-8-15-9-7-11-19-17(15)16)20-21-18(23)22-12-4-2-3-5-13-22/h6-11H,2-5,12-13H2,1H3,(H,21,23)/b20-14-. The van der Waals surface area contributed by atoms with Gasteiger partial charge in [-0.15, -0.1) is 0 Å². The Kier molecular flexibility index (Phi) is 5.18. The van der Waals surface area contributed by atoms with Crippen LogP contribution in [0.2, 0.25) is 0 Å². The van der Waals surface area contributed by atoms with Crippen molar-refractivity contribution in [3.63, 3.8) is 0 Å². The van der Waals surface area contributed by atoms with Gasteiger partial charge in [-0.05, 0) is 38.0 Å². The van der Waals surface area contributed by atoms with E-state index in [1.807, 2.05) is 31.3 Å². The number of fused-ring (bicyclic) bond motifs is 1. The number of hydrogen-bond donors (Lipinski definition) is 1. The van der Waals surface area contributed by atoms with Crippen LogP contribution in [-0.2, 0) is 0 Å². The van der Waals surface area contributed by atoms with Crippen molar-refractivity contribution in [1.82, 2.24) is 15.3 Å². The number of para-hydroxylation sites is 1. The van der Waals surface area contributed by atoms with Gasteiger partial charge in [-0.1, -0.05) is 37.1 Å². The van der Waals surface area contributed by atoms with Crippen molar-refractivity contribution >= 4 is 33.9 Å². The largest absolute Gasteiger partial charge is 0.348 e. The van der Waals surface area contributed by atoms with E-state index in [1.54, 1.807) is 0 Å². The number of nitrogens with one attached hydrogen (secondary N) is 1. The molecule has 1 aromatic heterocycles. The van der Waals surface area contributed by atoms with Crippen LogP contribution in [0.25, 0.3) is 10.9 Å². The summed E-state index contributed by atoms with van der Waals surface area (Å²) in [5.41, 5.74) is 5.96. The first-order valence-electron chi connectivity index (χ1n) is 8.19. The molecule has 1 fully saturated rings. The molecule has 5 heteroatoms. The van der Waals surface area contributed by atoms with E-state index < -0.39 is 0 Å². The topological polar surface area (TPSA) is 40.5 Å². The number of pyridine rings is 1. The Morgan fingerprint density at radius 3 is 2.65 bits per heavy atom. The van der Waals surface area contributed by atoms with Gasteiger partial charge in [-0.25, -0.2) is 0 Å². The average Bonchev–Trinajstić information content (AvgIpc) is 2.88. The average molecular weight is 326 g/mol. The quantitative estimate of drug-likeness (QED) is 0.519. The maximum Gasteiger partial charge on any atom is 0.189 e. The number of benzene rings is 1. The molecule has 0 aliphatic carbocycles. The number of likely N-dealkylation sites (tertiary alicyclic amines) is 1. The Morgan fingerprint density at radius 2 is 1.87 bits per heavy atom. The van der Waals surface area contributed by atoms with Gasteiger partial charge in [0.1, 0.15) is 0 Å². The van der Waals surface area contributed by atoms with Gasteiger partial charge >= 0.3 is 0 Å². The van der Waals surface area contributed by atoms with Gasteiger partial charge in [0.2, 0.25) is 0 Å². The van der Waals surface area contributed by atoms with Crippen LogP contribution in [0.15, 0.2) is 41.6 Å². The predicted octanol–water partition coefficient (Wildman–Crippen LogP) is 3.71. The summed E-state index contributed by atoms with van der Waals surface area (Å²) in [7, 11) is 0. The molecular formula is C18H22N4S. The monoisotopic (exact) mass is 326 g/mol. The molecule has 1 saturated heterocycles. The molecule has 1 aliphatic rings. The van der Waals surface area contributed by atoms with Crippen molar-refractivity contribution in [2.45, 2.75) is 32.6 Å².